The van der Waals surface area contributed by atoms with E-state index in [9.17, 15) is 9.18 Å². The van der Waals surface area contributed by atoms with Gasteiger partial charge < -0.3 is 14.4 Å². The second-order valence-corrected chi connectivity index (χ2v) is 7.08. The molecule has 1 saturated heterocycles. The minimum atomic E-state index is -0.580. The summed E-state index contributed by atoms with van der Waals surface area (Å²) in [4.78, 5) is 17.4. The molecule has 1 aliphatic rings. The number of nitrogens with zero attached hydrogens (tertiary/aromatic N) is 2. The quantitative estimate of drug-likeness (QED) is 0.755. The lowest BCUT2D eigenvalue weighted by molar-refractivity contribution is 0.0187. The molecule has 1 aromatic rings. The maximum absolute atomic E-state index is 13.1. The van der Waals surface area contributed by atoms with Crippen molar-refractivity contribution in [2.75, 3.05) is 13.2 Å². The van der Waals surface area contributed by atoms with Crippen LogP contribution in [0.3, 0.4) is 0 Å². The Morgan fingerprint density at radius 1 is 1.55 bits per heavy atom. The molecule has 0 aliphatic carbocycles. The van der Waals surface area contributed by atoms with Crippen LogP contribution in [-0.2, 0) is 4.74 Å². The highest BCUT2D eigenvalue weighted by molar-refractivity contribution is 9.10. The maximum Gasteiger partial charge on any atom is 0.410 e. The van der Waals surface area contributed by atoms with Gasteiger partial charge in [-0.25, -0.2) is 9.78 Å². The molecule has 2 rings (SSSR count). The monoisotopic (exact) mass is 374 g/mol. The fourth-order valence-corrected chi connectivity index (χ4v) is 2.57. The minimum Gasteiger partial charge on any atom is -0.490 e. The Morgan fingerprint density at radius 2 is 2.27 bits per heavy atom. The summed E-state index contributed by atoms with van der Waals surface area (Å²) in [6.07, 6.45) is 2.78. The number of halogens is 2. The van der Waals surface area contributed by atoms with Crippen molar-refractivity contribution in [2.45, 2.75) is 45.3 Å². The molecule has 5 nitrogen and oxygen atoms in total. The van der Waals surface area contributed by atoms with Crippen LogP contribution in [0.4, 0.5) is 9.18 Å². The molecule has 1 amide bonds. The normalized spacial score (nSPS) is 18.4. The lowest BCUT2D eigenvalue weighted by Gasteiger charge is -2.28. The molecule has 1 fully saturated rings. The molecular weight excluding hydrogens is 355 g/mol. The van der Waals surface area contributed by atoms with Gasteiger partial charge in [-0.1, -0.05) is 0 Å². The van der Waals surface area contributed by atoms with Gasteiger partial charge >= 0.3 is 6.09 Å². The molecular formula is C15H20BrFN2O3. The van der Waals surface area contributed by atoms with Gasteiger partial charge in [0.15, 0.2) is 0 Å². The first kappa shape index (κ1) is 17.0. The van der Waals surface area contributed by atoms with Crippen LogP contribution in [0.5, 0.6) is 5.75 Å². The van der Waals surface area contributed by atoms with Crippen LogP contribution in [-0.4, -0.2) is 40.8 Å². The number of hydrogen-bond donors (Lipinski definition) is 0. The first-order chi connectivity index (χ1) is 10.3. The number of ether oxygens (including phenoxy) is 2. The van der Waals surface area contributed by atoms with Gasteiger partial charge in [-0.2, -0.15) is 4.39 Å². The number of likely N-dealkylation sites (tertiary alicyclic amines) is 1. The molecule has 0 unspecified atom stereocenters. The Kier molecular flexibility index (Phi) is 5.26. The van der Waals surface area contributed by atoms with Gasteiger partial charge in [-0.05, 0) is 49.5 Å². The summed E-state index contributed by atoms with van der Waals surface area (Å²) in [6.45, 7) is 6.52. The molecule has 0 bridgehead atoms. The Morgan fingerprint density at radius 3 is 2.91 bits per heavy atom. The SMILES string of the molecule is CC(C)(C)OC(=O)N1CCC[C@H]1COc1cnc(F)c(Br)c1. The summed E-state index contributed by atoms with van der Waals surface area (Å²) < 4.78 is 24.4. The van der Waals surface area contributed by atoms with Crippen LogP contribution in [0.25, 0.3) is 0 Å². The van der Waals surface area contributed by atoms with Crippen LogP contribution in [0.2, 0.25) is 0 Å². The zero-order valence-electron chi connectivity index (χ0n) is 12.9. The molecule has 122 valence electrons. The fraction of sp³-hybridized carbons (Fsp3) is 0.600. The summed E-state index contributed by atoms with van der Waals surface area (Å²) in [5.74, 6) is -0.118. The van der Waals surface area contributed by atoms with Crippen molar-refractivity contribution in [1.29, 1.82) is 0 Å². The van der Waals surface area contributed by atoms with Crippen molar-refractivity contribution in [2.24, 2.45) is 0 Å². The van der Waals surface area contributed by atoms with Crippen LogP contribution < -0.4 is 4.74 Å². The summed E-state index contributed by atoms with van der Waals surface area (Å²) in [5.41, 5.74) is -0.517. The zero-order valence-corrected chi connectivity index (χ0v) is 14.5. The maximum atomic E-state index is 13.1. The molecule has 22 heavy (non-hydrogen) atoms. The van der Waals surface area contributed by atoms with Crippen molar-refractivity contribution < 1.29 is 18.7 Å². The van der Waals surface area contributed by atoms with E-state index < -0.39 is 11.5 Å². The highest BCUT2D eigenvalue weighted by Gasteiger charge is 2.32. The summed E-state index contributed by atoms with van der Waals surface area (Å²) in [6, 6.07) is 1.48. The van der Waals surface area contributed by atoms with Gasteiger partial charge in [-0.15, -0.1) is 0 Å². The van der Waals surface area contributed by atoms with Crippen molar-refractivity contribution >= 4 is 22.0 Å². The van der Waals surface area contributed by atoms with E-state index in [4.69, 9.17) is 9.47 Å². The van der Waals surface area contributed by atoms with Crippen molar-refractivity contribution in [1.82, 2.24) is 9.88 Å². The molecule has 0 spiro atoms. The number of hydrogen-bond acceptors (Lipinski definition) is 4. The molecule has 1 aliphatic heterocycles. The average molecular weight is 375 g/mol. The first-order valence-corrected chi connectivity index (χ1v) is 7.99. The highest BCUT2D eigenvalue weighted by Crippen LogP contribution is 2.23. The molecule has 1 aromatic heterocycles. The molecule has 2 heterocycles. The van der Waals surface area contributed by atoms with E-state index in [1.165, 1.54) is 12.3 Å². The van der Waals surface area contributed by atoms with Crippen molar-refractivity contribution in [3.05, 3.63) is 22.7 Å². The van der Waals surface area contributed by atoms with Gasteiger partial charge in [-0.3, -0.25) is 0 Å². The van der Waals surface area contributed by atoms with E-state index in [0.29, 0.717) is 18.9 Å². The number of carbonyl (C=O) groups is 1. The average Bonchev–Trinajstić information content (AvgIpc) is 2.87. The lowest BCUT2D eigenvalue weighted by Crippen LogP contribution is -2.42. The second kappa shape index (κ2) is 6.81. The number of amides is 1. The molecule has 0 radical (unpaired) electrons. The zero-order chi connectivity index (χ0) is 16.3. The fourth-order valence-electron chi connectivity index (χ4n) is 2.24. The predicted molar refractivity (Wildman–Crippen MR) is 83.4 cm³/mol. The molecule has 7 heteroatoms. The van der Waals surface area contributed by atoms with E-state index in [0.717, 1.165) is 12.8 Å². The minimum absolute atomic E-state index is 0.0429. The van der Waals surface area contributed by atoms with Gasteiger partial charge in [0.2, 0.25) is 5.95 Å². The summed E-state index contributed by atoms with van der Waals surface area (Å²) >= 11 is 3.07. The second-order valence-electron chi connectivity index (χ2n) is 6.22. The number of rotatable bonds is 3. The van der Waals surface area contributed by atoms with Gasteiger partial charge in [0.1, 0.15) is 18.0 Å². The van der Waals surface area contributed by atoms with Gasteiger partial charge in [0, 0.05) is 12.6 Å². The number of carbonyl (C=O) groups excluding carboxylic acids is 1. The Bertz CT molecular complexity index is 548. The largest absolute Gasteiger partial charge is 0.490 e. The van der Waals surface area contributed by atoms with E-state index in [2.05, 4.69) is 20.9 Å². The van der Waals surface area contributed by atoms with Crippen LogP contribution >= 0.6 is 15.9 Å². The summed E-state index contributed by atoms with van der Waals surface area (Å²) in [7, 11) is 0. The van der Waals surface area contributed by atoms with Crippen LogP contribution in [0.15, 0.2) is 16.7 Å². The molecule has 0 saturated carbocycles. The molecule has 0 N–H and O–H groups in total. The Labute approximate surface area is 137 Å². The third kappa shape index (κ3) is 4.56. The molecule has 0 aromatic carbocycles. The van der Waals surface area contributed by atoms with E-state index in [1.807, 2.05) is 20.8 Å². The Hall–Kier alpha value is -1.37. The van der Waals surface area contributed by atoms with Crippen LogP contribution in [0.1, 0.15) is 33.6 Å². The van der Waals surface area contributed by atoms with E-state index in [1.54, 1.807) is 4.90 Å². The third-order valence-electron chi connectivity index (χ3n) is 3.22. The standard InChI is InChI=1S/C15H20BrFN2O3/c1-15(2,3)22-14(20)19-6-4-5-10(19)9-21-11-7-12(16)13(17)18-8-11/h7-8,10H,4-6,9H2,1-3H3/t10-/m0/s1. The topological polar surface area (TPSA) is 51.7 Å². The van der Waals surface area contributed by atoms with Crippen molar-refractivity contribution in [3.63, 3.8) is 0 Å². The van der Waals surface area contributed by atoms with Gasteiger partial charge in [0.25, 0.3) is 0 Å². The lowest BCUT2D eigenvalue weighted by atomic mass is 10.2. The first-order valence-electron chi connectivity index (χ1n) is 7.20. The number of pyridine rings is 1. The van der Waals surface area contributed by atoms with Gasteiger partial charge in [0.05, 0.1) is 16.7 Å². The Balaban J connectivity index is 1.93. The van der Waals surface area contributed by atoms with Crippen LogP contribution in [0, 0.1) is 5.95 Å². The van der Waals surface area contributed by atoms with E-state index >= 15 is 0 Å². The predicted octanol–water partition coefficient (Wildman–Crippen LogP) is 3.76. The summed E-state index contributed by atoms with van der Waals surface area (Å²) in [5, 5.41) is 0. The highest BCUT2D eigenvalue weighted by atomic mass is 79.9. The number of aromatic nitrogens is 1. The smallest absolute Gasteiger partial charge is 0.410 e. The van der Waals surface area contributed by atoms with Crippen molar-refractivity contribution in [3.8, 4) is 5.75 Å². The molecule has 1 atom stereocenters. The third-order valence-corrected chi connectivity index (χ3v) is 3.77. The van der Waals surface area contributed by atoms with E-state index in [-0.39, 0.29) is 16.6 Å².